The van der Waals surface area contributed by atoms with Gasteiger partial charge in [-0.3, -0.25) is 0 Å². The van der Waals surface area contributed by atoms with Crippen LogP contribution in [0.2, 0.25) is 0 Å². The first-order chi connectivity index (χ1) is 10.7. The lowest BCUT2D eigenvalue weighted by atomic mass is 9.93. The Hall–Kier alpha value is -2.33. The molecule has 0 amide bonds. The predicted octanol–water partition coefficient (Wildman–Crippen LogP) is 3.26. The molecule has 2 aromatic rings. The van der Waals surface area contributed by atoms with Crippen LogP contribution in [0.1, 0.15) is 21.8 Å². The van der Waals surface area contributed by atoms with E-state index in [9.17, 15) is 4.79 Å². The average molecular weight is 298 g/mol. The van der Waals surface area contributed by atoms with Gasteiger partial charge in [-0.1, -0.05) is 24.3 Å². The Morgan fingerprint density at radius 3 is 2.59 bits per heavy atom. The first kappa shape index (κ1) is 14.6. The third kappa shape index (κ3) is 2.70. The number of rotatable bonds is 4. The fourth-order valence-electron chi connectivity index (χ4n) is 2.57. The number of hydrogen-bond acceptors (Lipinski definition) is 4. The Bertz CT molecular complexity index is 689. The molecule has 4 heteroatoms. The average Bonchev–Trinajstić information content (AvgIpc) is 2.52. The van der Waals surface area contributed by atoms with Gasteiger partial charge in [0, 0.05) is 11.5 Å². The monoisotopic (exact) mass is 298 g/mol. The molecule has 22 heavy (non-hydrogen) atoms. The normalized spacial score (nSPS) is 14.3. The van der Waals surface area contributed by atoms with E-state index in [0.29, 0.717) is 11.5 Å². The molecule has 1 aliphatic rings. The molecule has 3 rings (SSSR count). The van der Waals surface area contributed by atoms with Gasteiger partial charge in [-0.15, -0.1) is 0 Å². The molecule has 1 heterocycles. The number of esters is 1. The number of methoxy groups -OCH3 is 2. The Morgan fingerprint density at radius 2 is 1.95 bits per heavy atom. The second-order valence-electron chi connectivity index (χ2n) is 5.27. The van der Waals surface area contributed by atoms with Crippen molar-refractivity contribution in [3.05, 3.63) is 53.6 Å². The van der Waals surface area contributed by atoms with E-state index in [0.717, 1.165) is 30.1 Å². The molecule has 0 aromatic heterocycles. The van der Waals surface area contributed by atoms with Crippen LogP contribution >= 0.6 is 0 Å². The summed E-state index contributed by atoms with van der Waals surface area (Å²) in [4.78, 5) is 11.7. The summed E-state index contributed by atoms with van der Waals surface area (Å²) >= 11 is 0. The molecule has 2 aromatic carbocycles. The number of carbonyl (C=O) groups excluding carboxylic acids is 1. The summed E-state index contributed by atoms with van der Waals surface area (Å²) in [5.41, 5.74) is 3.66. The first-order valence-corrected chi connectivity index (χ1v) is 7.17. The van der Waals surface area contributed by atoms with Gasteiger partial charge in [-0.05, 0) is 29.3 Å². The van der Waals surface area contributed by atoms with Crippen molar-refractivity contribution in [2.75, 3.05) is 27.4 Å². The smallest absolute Gasteiger partial charge is 0.337 e. The van der Waals surface area contributed by atoms with Gasteiger partial charge in [-0.2, -0.15) is 0 Å². The zero-order valence-electron chi connectivity index (χ0n) is 12.7. The van der Waals surface area contributed by atoms with Gasteiger partial charge in [0.1, 0.15) is 5.75 Å². The van der Waals surface area contributed by atoms with Crippen LogP contribution in [-0.4, -0.2) is 33.4 Å². The van der Waals surface area contributed by atoms with E-state index in [1.165, 1.54) is 12.7 Å². The van der Waals surface area contributed by atoms with Crippen LogP contribution in [0.15, 0.2) is 42.5 Å². The van der Waals surface area contributed by atoms with E-state index in [-0.39, 0.29) is 5.97 Å². The molecule has 0 bridgehead atoms. The molecule has 0 unspecified atom stereocenters. The standard InChI is InChI=1S/C18H18O4/c1-20-17-7-6-14(18(19)21-2)9-16(17)13-5-3-4-12(8-13)15-10-22-11-15/h3-9,15H,10-11H2,1-2H3. The third-order valence-electron chi connectivity index (χ3n) is 3.93. The van der Waals surface area contributed by atoms with Gasteiger partial charge in [0.2, 0.25) is 0 Å². The number of benzene rings is 2. The fourth-order valence-corrected chi connectivity index (χ4v) is 2.57. The van der Waals surface area contributed by atoms with E-state index in [4.69, 9.17) is 14.2 Å². The van der Waals surface area contributed by atoms with Gasteiger partial charge in [0.25, 0.3) is 0 Å². The highest BCUT2D eigenvalue weighted by Gasteiger charge is 2.21. The lowest BCUT2D eigenvalue weighted by molar-refractivity contribution is 0.00844. The minimum Gasteiger partial charge on any atom is -0.496 e. The SMILES string of the molecule is COC(=O)c1ccc(OC)c(-c2cccc(C3COC3)c2)c1. The minimum atomic E-state index is -0.354. The fraction of sp³-hybridized carbons (Fsp3) is 0.278. The summed E-state index contributed by atoms with van der Waals surface area (Å²) in [5.74, 6) is 0.830. The second kappa shape index (κ2) is 6.20. The molecule has 0 atom stereocenters. The molecule has 0 aliphatic carbocycles. The maximum Gasteiger partial charge on any atom is 0.337 e. The van der Waals surface area contributed by atoms with Crippen LogP contribution in [0, 0.1) is 0 Å². The lowest BCUT2D eigenvalue weighted by Gasteiger charge is -2.26. The maximum absolute atomic E-state index is 11.7. The molecule has 4 nitrogen and oxygen atoms in total. The van der Waals surface area contributed by atoms with Gasteiger partial charge < -0.3 is 14.2 Å². The van der Waals surface area contributed by atoms with Crippen molar-refractivity contribution in [3.8, 4) is 16.9 Å². The molecular weight excluding hydrogens is 280 g/mol. The first-order valence-electron chi connectivity index (χ1n) is 7.17. The van der Waals surface area contributed by atoms with Crippen LogP contribution in [-0.2, 0) is 9.47 Å². The number of carbonyl (C=O) groups is 1. The van der Waals surface area contributed by atoms with Gasteiger partial charge in [0.05, 0.1) is 33.0 Å². The Kier molecular flexibility index (Phi) is 4.11. The summed E-state index contributed by atoms with van der Waals surface area (Å²) in [7, 11) is 3.00. The van der Waals surface area contributed by atoms with E-state index in [2.05, 4.69) is 12.1 Å². The summed E-state index contributed by atoms with van der Waals surface area (Å²) < 4.78 is 15.5. The van der Waals surface area contributed by atoms with Crippen molar-refractivity contribution in [2.45, 2.75) is 5.92 Å². The van der Waals surface area contributed by atoms with Gasteiger partial charge in [-0.25, -0.2) is 4.79 Å². The molecule has 1 saturated heterocycles. The van der Waals surface area contributed by atoms with E-state index in [1.807, 2.05) is 12.1 Å². The van der Waals surface area contributed by atoms with Crippen molar-refractivity contribution in [1.29, 1.82) is 0 Å². The van der Waals surface area contributed by atoms with Crippen molar-refractivity contribution in [1.82, 2.24) is 0 Å². The van der Waals surface area contributed by atoms with E-state index >= 15 is 0 Å². The molecule has 114 valence electrons. The van der Waals surface area contributed by atoms with Crippen LogP contribution in [0.5, 0.6) is 5.75 Å². The van der Waals surface area contributed by atoms with Crippen LogP contribution in [0.25, 0.3) is 11.1 Å². The van der Waals surface area contributed by atoms with Crippen molar-refractivity contribution >= 4 is 5.97 Å². The summed E-state index contributed by atoms with van der Waals surface area (Å²) in [5, 5.41) is 0. The predicted molar refractivity (Wildman–Crippen MR) is 83.3 cm³/mol. The van der Waals surface area contributed by atoms with Gasteiger partial charge >= 0.3 is 5.97 Å². The molecular formula is C18H18O4. The molecule has 0 spiro atoms. The zero-order valence-corrected chi connectivity index (χ0v) is 12.7. The number of ether oxygens (including phenoxy) is 3. The maximum atomic E-state index is 11.7. The van der Waals surface area contributed by atoms with E-state index in [1.54, 1.807) is 25.3 Å². The highest BCUT2D eigenvalue weighted by Crippen LogP contribution is 2.34. The summed E-state index contributed by atoms with van der Waals surface area (Å²) in [6.07, 6.45) is 0. The van der Waals surface area contributed by atoms with Crippen LogP contribution in [0.4, 0.5) is 0 Å². The van der Waals surface area contributed by atoms with Crippen molar-refractivity contribution in [3.63, 3.8) is 0 Å². The third-order valence-corrected chi connectivity index (χ3v) is 3.93. The topological polar surface area (TPSA) is 44.8 Å². The molecule has 1 aliphatic heterocycles. The Balaban J connectivity index is 2.03. The van der Waals surface area contributed by atoms with Crippen LogP contribution in [0.3, 0.4) is 0 Å². The highest BCUT2D eigenvalue weighted by molar-refractivity contribution is 5.92. The minimum absolute atomic E-state index is 0.354. The van der Waals surface area contributed by atoms with Crippen molar-refractivity contribution in [2.24, 2.45) is 0 Å². The Labute approximate surface area is 129 Å². The van der Waals surface area contributed by atoms with Crippen molar-refractivity contribution < 1.29 is 19.0 Å². The lowest BCUT2D eigenvalue weighted by Crippen LogP contribution is -2.24. The quantitative estimate of drug-likeness (QED) is 0.813. The zero-order chi connectivity index (χ0) is 15.5. The second-order valence-corrected chi connectivity index (χ2v) is 5.27. The molecule has 0 radical (unpaired) electrons. The number of hydrogen-bond donors (Lipinski definition) is 0. The molecule has 1 fully saturated rings. The molecule has 0 N–H and O–H groups in total. The molecule has 0 saturated carbocycles. The Morgan fingerprint density at radius 1 is 1.14 bits per heavy atom. The summed E-state index contributed by atoms with van der Waals surface area (Å²) in [6, 6.07) is 13.6. The highest BCUT2D eigenvalue weighted by atomic mass is 16.5. The van der Waals surface area contributed by atoms with Crippen LogP contribution < -0.4 is 4.74 Å². The van der Waals surface area contributed by atoms with Gasteiger partial charge in [0.15, 0.2) is 0 Å². The van der Waals surface area contributed by atoms with E-state index < -0.39 is 0 Å². The summed E-state index contributed by atoms with van der Waals surface area (Å²) in [6.45, 7) is 1.53. The largest absolute Gasteiger partial charge is 0.496 e.